The first-order valence-electron chi connectivity index (χ1n) is 9.06. The smallest absolute Gasteiger partial charge is 0.193 e. The Morgan fingerprint density at radius 3 is 2.52 bits per heavy atom. The third kappa shape index (κ3) is 5.69. The van der Waals surface area contributed by atoms with Crippen LogP contribution in [0.5, 0.6) is 0 Å². The summed E-state index contributed by atoms with van der Waals surface area (Å²) < 4.78 is 2.29. The van der Waals surface area contributed by atoms with E-state index in [4.69, 9.17) is 4.99 Å². The molecule has 1 aromatic heterocycles. The van der Waals surface area contributed by atoms with Gasteiger partial charge in [0, 0.05) is 27.2 Å². The normalized spacial score (nSPS) is 11.3. The van der Waals surface area contributed by atoms with Gasteiger partial charge in [-0.2, -0.15) is 0 Å². The topological polar surface area (TPSA) is 45.5 Å². The number of fused-ring (bicyclic) bond motifs is 1. The average molecular weight is 477 g/mol. The van der Waals surface area contributed by atoms with Gasteiger partial charge < -0.3 is 14.8 Å². The van der Waals surface area contributed by atoms with E-state index in [9.17, 15) is 0 Å². The number of hydrogen-bond acceptors (Lipinski definition) is 2. The Labute approximate surface area is 178 Å². The second-order valence-corrected chi connectivity index (χ2v) is 6.60. The summed E-state index contributed by atoms with van der Waals surface area (Å²) in [7, 11) is 4.04. The number of halogens is 1. The molecule has 27 heavy (non-hydrogen) atoms. The molecule has 0 amide bonds. The van der Waals surface area contributed by atoms with Gasteiger partial charge in [-0.3, -0.25) is 0 Å². The summed E-state index contributed by atoms with van der Waals surface area (Å²) in [5.41, 5.74) is 3.49. The molecule has 1 heterocycles. The Hall–Kier alpha value is -2.09. The lowest BCUT2D eigenvalue weighted by atomic mass is 10.2. The number of nitrogens with zero attached hydrogens (tertiary/aromatic N) is 4. The predicted octanol–water partition coefficient (Wildman–Crippen LogP) is 4.06. The SMILES string of the molecule is Cc1nc2ccccc2n1CCCNC(=NCc1ccccc1)N(C)C.I. The van der Waals surface area contributed by atoms with Crippen LogP contribution in [0.3, 0.4) is 0 Å². The van der Waals surface area contributed by atoms with Crippen molar-refractivity contribution in [1.82, 2.24) is 19.8 Å². The highest BCUT2D eigenvalue weighted by Crippen LogP contribution is 2.15. The molecule has 0 aliphatic heterocycles. The van der Waals surface area contributed by atoms with Crippen molar-refractivity contribution >= 4 is 41.0 Å². The number of para-hydroxylation sites is 2. The molecule has 0 saturated carbocycles. The number of aromatic nitrogens is 2. The maximum atomic E-state index is 4.71. The zero-order valence-electron chi connectivity index (χ0n) is 16.2. The molecule has 5 nitrogen and oxygen atoms in total. The molecule has 0 bridgehead atoms. The van der Waals surface area contributed by atoms with Crippen LogP contribution in [0, 0.1) is 6.92 Å². The van der Waals surface area contributed by atoms with E-state index in [1.54, 1.807) is 0 Å². The van der Waals surface area contributed by atoms with Crippen LogP contribution >= 0.6 is 24.0 Å². The number of nitrogens with one attached hydrogen (secondary N) is 1. The third-order valence-electron chi connectivity index (χ3n) is 4.36. The Balaban J connectivity index is 0.00000261. The Morgan fingerprint density at radius 2 is 1.78 bits per heavy atom. The molecule has 0 atom stereocenters. The van der Waals surface area contributed by atoms with E-state index in [0.717, 1.165) is 36.8 Å². The molecule has 1 N–H and O–H groups in total. The fourth-order valence-electron chi connectivity index (χ4n) is 3.02. The van der Waals surface area contributed by atoms with Gasteiger partial charge in [0.15, 0.2) is 5.96 Å². The van der Waals surface area contributed by atoms with Crippen LogP contribution in [-0.4, -0.2) is 41.1 Å². The summed E-state index contributed by atoms with van der Waals surface area (Å²) >= 11 is 0. The van der Waals surface area contributed by atoms with Gasteiger partial charge >= 0.3 is 0 Å². The standard InChI is InChI=1S/C21H27N5.HI/c1-17-24-19-12-7-8-13-20(19)26(17)15-9-14-22-21(25(2)3)23-16-18-10-5-4-6-11-18;/h4-8,10-13H,9,14-16H2,1-3H3,(H,22,23);1H. The first kappa shape index (κ1) is 21.2. The largest absolute Gasteiger partial charge is 0.356 e. The molecule has 0 radical (unpaired) electrons. The number of imidazole rings is 1. The molecule has 0 unspecified atom stereocenters. The quantitative estimate of drug-likeness (QED) is 0.252. The number of aliphatic imine (C=N–C) groups is 1. The summed E-state index contributed by atoms with van der Waals surface area (Å²) in [6, 6.07) is 18.6. The van der Waals surface area contributed by atoms with E-state index >= 15 is 0 Å². The van der Waals surface area contributed by atoms with Crippen molar-refractivity contribution < 1.29 is 0 Å². The maximum absolute atomic E-state index is 4.71. The predicted molar refractivity (Wildman–Crippen MR) is 124 cm³/mol. The van der Waals surface area contributed by atoms with E-state index in [1.807, 2.05) is 43.3 Å². The van der Waals surface area contributed by atoms with Gasteiger partial charge in [0.25, 0.3) is 0 Å². The van der Waals surface area contributed by atoms with Crippen molar-refractivity contribution in [3.63, 3.8) is 0 Å². The fourth-order valence-corrected chi connectivity index (χ4v) is 3.02. The van der Waals surface area contributed by atoms with Crippen LogP contribution < -0.4 is 5.32 Å². The highest BCUT2D eigenvalue weighted by Gasteiger charge is 2.06. The lowest BCUT2D eigenvalue weighted by Gasteiger charge is -2.18. The molecule has 6 heteroatoms. The molecule has 2 aromatic carbocycles. The van der Waals surface area contributed by atoms with Crippen LogP contribution in [0.15, 0.2) is 59.6 Å². The molecule has 3 aromatic rings. The summed E-state index contributed by atoms with van der Waals surface area (Å²) in [5.74, 6) is 1.98. The minimum absolute atomic E-state index is 0. The van der Waals surface area contributed by atoms with Gasteiger partial charge in [-0.15, -0.1) is 24.0 Å². The van der Waals surface area contributed by atoms with Gasteiger partial charge in [0.1, 0.15) is 5.82 Å². The van der Waals surface area contributed by atoms with E-state index < -0.39 is 0 Å². The minimum Gasteiger partial charge on any atom is -0.356 e. The molecule has 144 valence electrons. The van der Waals surface area contributed by atoms with Gasteiger partial charge in [0.05, 0.1) is 17.6 Å². The monoisotopic (exact) mass is 477 g/mol. The Kier molecular flexibility index (Phi) is 8.09. The zero-order chi connectivity index (χ0) is 18.4. The van der Waals surface area contributed by atoms with Crippen molar-refractivity contribution in [2.75, 3.05) is 20.6 Å². The average Bonchev–Trinajstić information content (AvgIpc) is 2.97. The van der Waals surface area contributed by atoms with Crippen LogP contribution in [0.2, 0.25) is 0 Å². The molecule has 0 saturated heterocycles. The van der Waals surface area contributed by atoms with Crippen LogP contribution in [0.25, 0.3) is 11.0 Å². The minimum atomic E-state index is 0. The molecule has 0 fully saturated rings. The van der Waals surface area contributed by atoms with Crippen molar-refractivity contribution in [1.29, 1.82) is 0 Å². The number of guanidine groups is 1. The third-order valence-corrected chi connectivity index (χ3v) is 4.36. The van der Waals surface area contributed by atoms with E-state index in [2.05, 4.69) is 52.1 Å². The number of benzene rings is 2. The van der Waals surface area contributed by atoms with E-state index in [0.29, 0.717) is 6.54 Å². The summed E-state index contributed by atoms with van der Waals surface area (Å²) in [6.07, 6.45) is 1.01. The molecule has 0 spiro atoms. The van der Waals surface area contributed by atoms with E-state index in [-0.39, 0.29) is 24.0 Å². The van der Waals surface area contributed by atoms with E-state index in [1.165, 1.54) is 11.1 Å². The van der Waals surface area contributed by atoms with Gasteiger partial charge in [-0.25, -0.2) is 9.98 Å². The highest BCUT2D eigenvalue weighted by atomic mass is 127. The van der Waals surface area contributed by atoms with Gasteiger partial charge in [0.2, 0.25) is 0 Å². The van der Waals surface area contributed by atoms with Crippen molar-refractivity contribution in [3.05, 3.63) is 66.0 Å². The lowest BCUT2D eigenvalue weighted by Crippen LogP contribution is -2.37. The number of hydrogen-bond donors (Lipinski definition) is 1. The summed E-state index contributed by atoms with van der Waals surface area (Å²) in [5, 5.41) is 3.46. The number of rotatable bonds is 6. The second-order valence-electron chi connectivity index (χ2n) is 6.60. The lowest BCUT2D eigenvalue weighted by molar-refractivity contribution is 0.560. The summed E-state index contributed by atoms with van der Waals surface area (Å²) in [4.78, 5) is 11.4. The molecular formula is C21H28IN5. The molecular weight excluding hydrogens is 449 g/mol. The van der Waals surface area contributed by atoms with Crippen LogP contribution in [-0.2, 0) is 13.1 Å². The molecule has 3 rings (SSSR count). The Bertz CT molecular complexity index is 871. The van der Waals surface area contributed by atoms with Crippen LogP contribution in [0.1, 0.15) is 17.8 Å². The second kappa shape index (κ2) is 10.3. The zero-order valence-corrected chi connectivity index (χ0v) is 18.6. The van der Waals surface area contributed by atoms with Gasteiger partial charge in [-0.1, -0.05) is 42.5 Å². The first-order chi connectivity index (χ1) is 12.6. The molecule has 0 aliphatic rings. The summed E-state index contributed by atoms with van der Waals surface area (Å²) in [6.45, 7) is 4.57. The highest BCUT2D eigenvalue weighted by molar-refractivity contribution is 14.0. The fraction of sp³-hybridized carbons (Fsp3) is 0.333. The number of aryl methyl sites for hydroxylation is 2. The van der Waals surface area contributed by atoms with Crippen molar-refractivity contribution in [2.24, 2.45) is 4.99 Å². The van der Waals surface area contributed by atoms with Gasteiger partial charge in [-0.05, 0) is 31.0 Å². The maximum Gasteiger partial charge on any atom is 0.193 e. The van der Waals surface area contributed by atoms with Crippen molar-refractivity contribution in [2.45, 2.75) is 26.4 Å². The molecule has 0 aliphatic carbocycles. The van der Waals surface area contributed by atoms with Crippen molar-refractivity contribution in [3.8, 4) is 0 Å². The van der Waals surface area contributed by atoms with Crippen LogP contribution in [0.4, 0.5) is 0 Å². The first-order valence-corrected chi connectivity index (χ1v) is 9.06. The Morgan fingerprint density at radius 1 is 1.07 bits per heavy atom.